The highest BCUT2D eigenvalue weighted by Gasteiger charge is 2.35. The van der Waals surface area contributed by atoms with Crippen molar-refractivity contribution in [2.45, 2.75) is 58.1 Å². The lowest BCUT2D eigenvalue weighted by molar-refractivity contribution is 0.0897. The van der Waals surface area contributed by atoms with E-state index in [-0.39, 0.29) is 17.6 Å². The summed E-state index contributed by atoms with van der Waals surface area (Å²) in [5.41, 5.74) is 7.48. The van der Waals surface area contributed by atoms with Gasteiger partial charge in [0.1, 0.15) is 5.75 Å². The van der Waals surface area contributed by atoms with Gasteiger partial charge in [-0.25, -0.2) is 4.68 Å². The van der Waals surface area contributed by atoms with Gasteiger partial charge in [-0.3, -0.25) is 4.79 Å². The molecule has 140 valence electrons. The molecule has 1 aromatic heterocycles. The van der Waals surface area contributed by atoms with Crippen molar-refractivity contribution in [3.05, 3.63) is 35.7 Å². The van der Waals surface area contributed by atoms with Crippen LogP contribution in [0.5, 0.6) is 5.75 Å². The molecular weight excluding hydrogens is 330 g/mol. The fourth-order valence-corrected chi connectivity index (χ4v) is 3.45. The Kier molecular flexibility index (Phi) is 5.27. The molecule has 3 rings (SSSR count). The fourth-order valence-electron chi connectivity index (χ4n) is 3.45. The Balaban J connectivity index is 1.78. The summed E-state index contributed by atoms with van der Waals surface area (Å²) in [6.07, 6.45) is 4.14. The number of carbonyl (C=O) groups excluding carboxylic acids is 1. The van der Waals surface area contributed by atoms with E-state index in [1.165, 1.54) is 0 Å². The molecule has 1 aliphatic carbocycles. The summed E-state index contributed by atoms with van der Waals surface area (Å²) in [5, 5.41) is 11.3. The third-order valence-electron chi connectivity index (χ3n) is 4.89. The molecule has 1 aromatic carbocycles. The molecular formula is C19H27N5O2. The van der Waals surface area contributed by atoms with E-state index in [1.807, 2.05) is 45.0 Å². The third kappa shape index (κ3) is 3.72. The van der Waals surface area contributed by atoms with Gasteiger partial charge in [-0.15, -0.1) is 5.10 Å². The van der Waals surface area contributed by atoms with Crippen molar-refractivity contribution < 1.29 is 9.53 Å². The summed E-state index contributed by atoms with van der Waals surface area (Å²) >= 11 is 0. The average Bonchev–Trinajstić information content (AvgIpc) is 3.22. The molecule has 1 fully saturated rings. The topological polar surface area (TPSA) is 95.1 Å². The molecule has 0 spiro atoms. The summed E-state index contributed by atoms with van der Waals surface area (Å²) in [7, 11) is 0. The van der Waals surface area contributed by atoms with Crippen LogP contribution in [-0.4, -0.2) is 39.1 Å². The van der Waals surface area contributed by atoms with Crippen LogP contribution in [0.3, 0.4) is 0 Å². The Bertz CT molecular complexity index is 761. The number of amides is 1. The summed E-state index contributed by atoms with van der Waals surface area (Å²) in [6, 6.07) is 7.58. The Labute approximate surface area is 153 Å². The molecule has 0 atom stereocenters. The van der Waals surface area contributed by atoms with Crippen LogP contribution in [0.1, 0.15) is 55.7 Å². The number of nitrogens with two attached hydrogens (primary N) is 1. The SMILES string of the molecule is Cc1c(C(=O)NC2(CN)CCCC2)nnn1-c1ccc(OC(C)C)cc1. The van der Waals surface area contributed by atoms with E-state index in [0.717, 1.165) is 37.1 Å². The van der Waals surface area contributed by atoms with Gasteiger partial charge in [-0.05, 0) is 57.9 Å². The van der Waals surface area contributed by atoms with E-state index in [1.54, 1.807) is 4.68 Å². The van der Waals surface area contributed by atoms with Gasteiger partial charge in [0.15, 0.2) is 5.69 Å². The second kappa shape index (κ2) is 7.45. The first kappa shape index (κ1) is 18.4. The second-order valence-electron chi connectivity index (χ2n) is 7.24. The van der Waals surface area contributed by atoms with Crippen LogP contribution in [0.4, 0.5) is 0 Å². The van der Waals surface area contributed by atoms with Crippen molar-refractivity contribution in [1.29, 1.82) is 0 Å². The largest absolute Gasteiger partial charge is 0.491 e. The van der Waals surface area contributed by atoms with Crippen LogP contribution in [0.15, 0.2) is 24.3 Å². The number of nitrogens with zero attached hydrogens (tertiary/aromatic N) is 3. The van der Waals surface area contributed by atoms with Crippen molar-refractivity contribution in [2.24, 2.45) is 5.73 Å². The highest BCUT2D eigenvalue weighted by molar-refractivity contribution is 5.93. The van der Waals surface area contributed by atoms with Crippen molar-refractivity contribution in [1.82, 2.24) is 20.3 Å². The van der Waals surface area contributed by atoms with Crippen LogP contribution in [-0.2, 0) is 0 Å². The van der Waals surface area contributed by atoms with Gasteiger partial charge in [-0.1, -0.05) is 18.1 Å². The molecule has 1 heterocycles. The van der Waals surface area contributed by atoms with E-state index in [4.69, 9.17) is 10.5 Å². The lowest BCUT2D eigenvalue weighted by atomic mass is 9.97. The molecule has 0 bridgehead atoms. The van der Waals surface area contributed by atoms with Crippen LogP contribution in [0.2, 0.25) is 0 Å². The minimum absolute atomic E-state index is 0.120. The van der Waals surface area contributed by atoms with Crippen molar-refractivity contribution in [3.63, 3.8) is 0 Å². The lowest BCUT2D eigenvalue weighted by Crippen LogP contribution is -2.51. The van der Waals surface area contributed by atoms with E-state index in [2.05, 4.69) is 15.6 Å². The standard InChI is InChI=1S/C19H27N5O2/c1-13(2)26-16-8-6-15(7-9-16)24-14(3)17(22-23-24)18(25)21-19(12-20)10-4-5-11-19/h6-9,13H,4-5,10-12,20H2,1-3H3,(H,21,25). The summed E-state index contributed by atoms with van der Waals surface area (Å²) < 4.78 is 7.32. The molecule has 1 saturated carbocycles. The highest BCUT2D eigenvalue weighted by atomic mass is 16.5. The molecule has 0 saturated heterocycles. The van der Waals surface area contributed by atoms with Crippen LogP contribution in [0.25, 0.3) is 5.69 Å². The van der Waals surface area contributed by atoms with Crippen molar-refractivity contribution in [2.75, 3.05) is 6.54 Å². The maximum absolute atomic E-state index is 12.7. The number of hydrogen-bond acceptors (Lipinski definition) is 5. The van der Waals surface area contributed by atoms with Crippen molar-refractivity contribution >= 4 is 5.91 Å². The zero-order valence-electron chi connectivity index (χ0n) is 15.7. The number of ether oxygens (including phenoxy) is 1. The van der Waals surface area contributed by atoms with E-state index in [0.29, 0.717) is 17.9 Å². The van der Waals surface area contributed by atoms with Gasteiger partial charge in [0.2, 0.25) is 0 Å². The summed E-state index contributed by atoms with van der Waals surface area (Å²) in [5.74, 6) is 0.589. The van der Waals surface area contributed by atoms with Crippen LogP contribution < -0.4 is 15.8 Å². The molecule has 7 heteroatoms. The predicted octanol–water partition coefficient (Wildman–Crippen LogP) is 2.36. The lowest BCUT2D eigenvalue weighted by Gasteiger charge is -2.28. The monoisotopic (exact) mass is 357 g/mol. The normalized spacial score (nSPS) is 16.0. The Morgan fingerprint density at radius 1 is 1.31 bits per heavy atom. The van der Waals surface area contributed by atoms with Crippen molar-refractivity contribution in [3.8, 4) is 11.4 Å². The van der Waals surface area contributed by atoms with Crippen LogP contribution >= 0.6 is 0 Å². The maximum atomic E-state index is 12.7. The first-order valence-electron chi connectivity index (χ1n) is 9.16. The number of hydrogen-bond donors (Lipinski definition) is 2. The van der Waals surface area contributed by atoms with Gasteiger partial charge in [0.25, 0.3) is 5.91 Å². The average molecular weight is 357 g/mol. The third-order valence-corrected chi connectivity index (χ3v) is 4.89. The first-order valence-corrected chi connectivity index (χ1v) is 9.16. The Hall–Kier alpha value is -2.41. The summed E-state index contributed by atoms with van der Waals surface area (Å²) in [6.45, 7) is 6.26. The molecule has 0 unspecified atom stereocenters. The van der Waals surface area contributed by atoms with E-state index < -0.39 is 0 Å². The zero-order valence-corrected chi connectivity index (χ0v) is 15.7. The van der Waals surface area contributed by atoms with Gasteiger partial charge in [-0.2, -0.15) is 0 Å². The quantitative estimate of drug-likeness (QED) is 0.827. The molecule has 1 aliphatic rings. The molecule has 7 nitrogen and oxygen atoms in total. The summed E-state index contributed by atoms with van der Waals surface area (Å²) in [4.78, 5) is 12.7. The van der Waals surface area contributed by atoms with Gasteiger partial charge in [0.05, 0.1) is 23.0 Å². The Morgan fingerprint density at radius 3 is 2.54 bits per heavy atom. The fraction of sp³-hybridized carbons (Fsp3) is 0.526. The molecule has 0 aliphatic heterocycles. The highest BCUT2D eigenvalue weighted by Crippen LogP contribution is 2.29. The molecule has 3 N–H and O–H groups in total. The van der Waals surface area contributed by atoms with Gasteiger partial charge >= 0.3 is 0 Å². The number of nitrogens with one attached hydrogen (secondary N) is 1. The molecule has 2 aromatic rings. The first-order chi connectivity index (χ1) is 12.4. The van der Waals surface area contributed by atoms with Crippen LogP contribution in [0, 0.1) is 6.92 Å². The molecule has 1 amide bonds. The van der Waals surface area contributed by atoms with Gasteiger partial charge in [0, 0.05) is 6.54 Å². The Morgan fingerprint density at radius 2 is 1.96 bits per heavy atom. The number of rotatable bonds is 6. The van der Waals surface area contributed by atoms with Gasteiger partial charge < -0.3 is 15.8 Å². The number of benzene rings is 1. The number of carbonyl (C=O) groups is 1. The maximum Gasteiger partial charge on any atom is 0.274 e. The van der Waals surface area contributed by atoms with E-state index >= 15 is 0 Å². The minimum Gasteiger partial charge on any atom is -0.491 e. The zero-order chi connectivity index (χ0) is 18.7. The smallest absolute Gasteiger partial charge is 0.274 e. The molecule has 0 radical (unpaired) electrons. The second-order valence-corrected chi connectivity index (χ2v) is 7.24. The minimum atomic E-state index is -0.302. The number of aromatic nitrogens is 3. The van der Waals surface area contributed by atoms with E-state index in [9.17, 15) is 4.79 Å². The molecule has 26 heavy (non-hydrogen) atoms. The predicted molar refractivity (Wildman–Crippen MR) is 99.6 cm³/mol.